The molecule has 2 N–H and O–H groups in total. The lowest BCUT2D eigenvalue weighted by atomic mass is 10.1. The van der Waals surface area contributed by atoms with E-state index in [0.717, 1.165) is 30.2 Å². The summed E-state index contributed by atoms with van der Waals surface area (Å²) in [5.74, 6) is 0.798. The van der Waals surface area contributed by atoms with Gasteiger partial charge in [-0.25, -0.2) is 9.97 Å². The summed E-state index contributed by atoms with van der Waals surface area (Å²) in [6.45, 7) is 6.85. The summed E-state index contributed by atoms with van der Waals surface area (Å²) in [6, 6.07) is 0.588. The SMILES string of the molecule is Cc1nc(C2CN3CCCC3CO2)ncc1[C@H](C)N. The molecule has 5 nitrogen and oxygen atoms in total. The molecule has 0 aliphatic carbocycles. The molecule has 2 aliphatic rings. The number of fused-ring (bicyclic) bond motifs is 1. The van der Waals surface area contributed by atoms with Crippen LogP contribution in [0.3, 0.4) is 0 Å². The fraction of sp³-hybridized carbons (Fsp3) is 0.714. The van der Waals surface area contributed by atoms with Gasteiger partial charge in [-0.3, -0.25) is 4.90 Å². The molecule has 3 atom stereocenters. The van der Waals surface area contributed by atoms with Crippen molar-refractivity contribution in [1.82, 2.24) is 14.9 Å². The average Bonchev–Trinajstić information content (AvgIpc) is 2.85. The maximum absolute atomic E-state index is 5.94. The van der Waals surface area contributed by atoms with Crippen LogP contribution in [0.4, 0.5) is 0 Å². The highest BCUT2D eigenvalue weighted by atomic mass is 16.5. The summed E-state index contributed by atoms with van der Waals surface area (Å²) in [4.78, 5) is 11.6. The topological polar surface area (TPSA) is 64.3 Å². The lowest BCUT2D eigenvalue weighted by molar-refractivity contribution is -0.0542. The number of hydrogen-bond donors (Lipinski definition) is 1. The van der Waals surface area contributed by atoms with E-state index in [1.165, 1.54) is 19.4 Å². The quantitative estimate of drug-likeness (QED) is 0.871. The van der Waals surface area contributed by atoms with E-state index in [4.69, 9.17) is 10.5 Å². The van der Waals surface area contributed by atoms with E-state index in [1.54, 1.807) is 0 Å². The van der Waals surface area contributed by atoms with Crippen LogP contribution in [-0.4, -0.2) is 40.6 Å². The second kappa shape index (κ2) is 5.15. The summed E-state index contributed by atoms with van der Waals surface area (Å²) in [5.41, 5.74) is 7.87. The molecular formula is C14H22N4O. The monoisotopic (exact) mass is 262 g/mol. The lowest BCUT2D eigenvalue weighted by Crippen LogP contribution is -2.42. The number of nitrogens with two attached hydrogens (primary N) is 1. The van der Waals surface area contributed by atoms with Gasteiger partial charge in [-0.2, -0.15) is 0 Å². The molecule has 2 saturated heterocycles. The van der Waals surface area contributed by atoms with Crippen LogP contribution < -0.4 is 5.73 Å². The zero-order chi connectivity index (χ0) is 13.4. The third kappa shape index (κ3) is 2.50. The van der Waals surface area contributed by atoms with E-state index < -0.39 is 0 Å². The van der Waals surface area contributed by atoms with Crippen molar-refractivity contribution in [2.45, 2.75) is 44.9 Å². The molecular weight excluding hydrogens is 240 g/mol. The Kier molecular flexibility index (Phi) is 3.52. The lowest BCUT2D eigenvalue weighted by Gasteiger charge is -2.34. The molecule has 0 bridgehead atoms. The predicted molar refractivity (Wildman–Crippen MR) is 72.7 cm³/mol. The van der Waals surface area contributed by atoms with Crippen LogP contribution in [0.2, 0.25) is 0 Å². The van der Waals surface area contributed by atoms with Gasteiger partial charge in [0.2, 0.25) is 0 Å². The van der Waals surface area contributed by atoms with Gasteiger partial charge in [-0.1, -0.05) is 0 Å². The highest BCUT2D eigenvalue weighted by Crippen LogP contribution is 2.29. The molecule has 0 amide bonds. The maximum atomic E-state index is 5.94. The average molecular weight is 262 g/mol. The molecule has 104 valence electrons. The molecule has 0 spiro atoms. The molecule has 0 saturated carbocycles. The second-order valence-electron chi connectivity index (χ2n) is 5.67. The van der Waals surface area contributed by atoms with Crippen molar-refractivity contribution in [3.8, 4) is 0 Å². The van der Waals surface area contributed by atoms with Crippen molar-refractivity contribution in [3.63, 3.8) is 0 Å². The van der Waals surface area contributed by atoms with Gasteiger partial charge < -0.3 is 10.5 Å². The Balaban J connectivity index is 1.77. The summed E-state index contributed by atoms with van der Waals surface area (Å²) in [6.07, 6.45) is 4.40. The standard InChI is InChI=1S/C14H22N4O/c1-9(15)12-6-16-14(17-10(12)2)13-7-18-5-3-4-11(18)8-19-13/h6,9,11,13H,3-5,7-8,15H2,1-2H3/t9-,11?,13?/m0/s1. The van der Waals surface area contributed by atoms with Crippen LogP contribution in [0.15, 0.2) is 6.20 Å². The number of ether oxygens (including phenoxy) is 1. The van der Waals surface area contributed by atoms with Crippen molar-refractivity contribution >= 4 is 0 Å². The van der Waals surface area contributed by atoms with Gasteiger partial charge in [-0.05, 0) is 33.2 Å². The fourth-order valence-electron chi connectivity index (χ4n) is 3.07. The maximum Gasteiger partial charge on any atom is 0.158 e. The first-order chi connectivity index (χ1) is 9.15. The van der Waals surface area contributed by atoms with Crippen LogP contribution in [-0.2, 0) is 4.74 Å². The Morgan fingerprint density at radius 3 is 3.11 bits per heavy atom. The summed E-state index contributed by atoms with van der Waals surface area (Å²) in [5, 5.41) is 0. The minimum absolute atomic E-state index is 0.00943. The molecule has 1 aromatic heterocycles. The number of hydrogen-bond acceptors (Lipinski definition) is 5. The Morgan fingerprint density at radius 2 is 2.37 bits per heavy atom. The van der Waals surface area contributed by atoms with Crippen LogP contribution in [0.25, 0.3) is 0 Å². The summed E-state index contributed by atoms with van der Waals surface area (Å²) in [7, 11) is 0. The first-order valence-electron chi connectivity index (χ1n) is 7.10. The van der Waals surface area contributed by atoms with Crippen molar-refractivity contribution in [2.75, 3.05) is 19.7 Å². The molecule has 3 heterocycles. The van der Waals surface area contributed by atoms with E-state index in [-0.39, 0.29) is 12.1 Å². The molecule has 2 aliphatic heterocycles. The van der Waals surface area contributed by atoms with E-state index in [9.17, 15) is 0 Å². The molecule has 5 heteroatoms. The largest absolute Gasteiger partial charge is 0.367 e. The molecule has 3 rings (SSSR count). The Hall–Kier alpha value is -1.04. The number of aryl methyl sites for hydroxylation is 1. The Labute approximate surface area is 114 Å². The summed E-state index contributed by atoms with van der Waals surface area (Å²) < 4.78 is 5.94. The number of nitrogens with zero attached hydrogens (tertiary/aromatic N) is 3. The second-order valence-corrected chi connectivity index (χ2v) is 5.67. The zero-order valence-corrected chi connectivity index (χ0v) is 11.7. The molecule has 2 fully saturated rings. The first kappa shape index (κ1) is 13.0. The third-order valence-electron chi connectivity index (χ3n) is 4.20. The summed E-state index contributed by atoms with van der Waals surface area (Å²) >= 11 is 0. The fourth-order valence-corrected chi connectivity index (χ4v) is 3.07. The van der Waals surface area contributed by atoms with E-state index in [0.29, 0.717) is 6.04 Å². The third-order valence-corrected chi connectivity index (χ3v) is 4.20. The molecule has 0 aromatic carbocycles. The molecule has 19 heavy (non-hydrogen) atoms. The van der Waals surface area contributed by atoms with Gasteiger partial charge >= 0.3 is 0 Å². The van der Waals surface area contributed by atoms with Gasteiger partial charge in [0.05, 0.1) is 6.61 Å². The minimum Gasteiger partial charge on any atom is -0.367 e. The Morgan fingerprint density at radius 1 is 1.53 bits per heavy atom. The van der Waals surface area contributed by atoms with Crippen molar-refractivity contribution in [1.29, 1.82) is 0 Å². The van der Waals surface area contributed by atoms with Crippen LogP contribution in [0.5, 0.6) is 0 Å². The van der Waals surface area contributed by atoms with Gasteiger partial charge in [0.1, 0.15) is 6.10 Å². The van der Waals surface area contributed by atoms with E-state index in [2.05, 4.69) is 14.9 Å². The zero-order valence-electron chi connectivity index (χ0n) is 11.7. The Bertz CT molecular complexity index is 463. The van der Waals surface area contributed by atoms with Crippen molar-refractivity contribution in [3.05, 3.63) is 23.3 Å². The van der Waals surface area contributed by atoms with Crippen molar-refractivity contribution < 1.29 is 4.74 Å². The van der Waals surface area contributed by atoms with Crippen LogP contribution in [0.1, 0.15) is 49.0 Å². The predicted octanol–water partition coefficient (Wildman–Crippen LogP) is 1.34. The number of morpholine rings is 1. The molecule has 0 radical (unpaired) electrons. The van der Waals surface area contributed by atoms with E-state index >= 15 is 0 Å². The highest BCUT2D eigenvalue weighted by Gasteiger charge is 2.34. The number of aromatic nitrogens is 2. The smallest absolute Gasteiger partial charge is 0.158 e. The van der Waals surface area contributed by atoms with E-state index in [1.807, 2.05) is 20.0 Å². The van der Waals surface area contributed by atoms with Crippen molar-refractivity contribution in [2.24, 2.45) is 5.73 Å². The highest BCUT2D eigenvalue weighted by molar-refractivity contribution is 5.20. The van der Waals surface area contributed by atoms with Gasteiger partial charge in [0.15, 0.2) is 5.82 Å². The normalized spacial score (nSPS) is 29.2. The molecule has 2 unspecified atom stereocenters. The van der Waals surface area contributed by atoms with Gasteiger partial charge in [0, 0.05) is 36.1 Å². The van der Waals surface area contributed by atoms with Gasteiger partial charge in [-0.15, -0.1) is 0 Å². The number of rotatable bonds is 2. The minimum atomic E-state index is -0.0238. The van der Waals surface area contributed by atoms with Crippen LogP contribution in [0, 0.1) is 6.92 Å². The van der Waals surface area contributed by atoms with Gasteiger partial charge in [0.25, 0.3) is 0 Å². The van der Waals surface area contributed by atoms with Crippen LogP contribution >= 0.6 is 0 Å². The first-order valence-corrected chi connectivity index (χ1v) is 7.10. The molecule has 1 aromatic rings.